The molecule has 0 N–H and O–H groups in total. The van der Waals surface area contributed by atoms with Crippen molar-refractivity contribution in [3.63, 3.8) is 0 Å². The molecule has 0 unspecified atom stereocenters. The van der Waals surface area contributed by atoms with E-state index in [4.69, 9.17) is 25.5 Å². The summed E-state index contributed by atoms with van der Waals surface area (Å²) in [5.41, 5.74) is 2.47. The summed E-state index contributed by atoms with van der Waals surface area (Å²) in [6.45, 7) is 0.353. The number of rotatable bonds is 5. The predicted molar refractivity (Wildman–Crippen MR) is 87.7 cm³/mol. The first-order valence-corrected chi connectivity index (χ1v) is 7.49. The van der Waals surface area contributed by atoms with Gasteiger partial charge in [-0.3, -0.25) is 4.79 Å². The van der Waals surface area contributed by atoms with Crippen LogP contribution in [0.15, 0.2) is 52.9 Å². The van der Waals surface area contributed by atoms with Gasteiger partial charge in [-0.1, -0.05) is 30.3 Å². The first-order chi connectivity index (χ1) is 11.2. The molecule has 118 valence electrons. The topological polar surface area (TPSA) is 48.7 Å². The molecule has 4 nitrogen and oxygen atoms in total. The fourth-order valence-electron chi connectivity index (χ4n) is 2.39. The molecule has 0 spiro atoms. The van der Waals surface area contributed by atoms with Crippen LogP contribution in [0.2, 0.25) is 5.22 Å². The third-order valence-electron chi connectivity index (χ3n) is 3.54. The maximum atomic E-state index is 11.5. The molecule has 0 amide bonds. The van der Waals surface area contributed by atoms with Crippen LogP contribution in [0.1, 0.15) is 11.1 Å². The Morgan fingerprint density at radius 1 is 1.13 bits per heavy atom. The lowest BCUT2D eigenvalue weighted by atomic mass is 10.1. The zero-order valence-corrected chi connectivity index (χ0v) is 13.3. The summed E-state index contributed by atoms with van der Waals surface area (Å²) in [5, 5.41) is 1.27. The highest BCUT2D eigenvalue weighted by Gasteiger charge is 2.11. The van der Waals surface area contributed by atoms with Crippen molar-refractivity contribution < 1.29 is 18.7 Å². The van der Waals surface area contributed by atoms with E-state index in [1.54, 1.807) is 6.07 Å². The van der Waals surface area contributed by atoms with Crippen LogP contribution in [0, 0.1) is 0 Å². The molecule has 0 saturated carbocycles. The van der Waals surface area contributed by atoms with Gasteiger partial charge >= 0.3 is 5.97 Å². The molecule has 0 aliphatic heterocycles. The zero-order chi connectivity index (χ0) is 16.2. The monoisotopic (exact) mass is 330 g/mol. The van der Waals surface area contributed by atoms with Crippen molar-refractivity contribution in [3.8, 4) is 5.75 Å². The second kappa shape index (κ2) is 6.75. The van der Waals surface area contributed by atoms with Crippen LogP contribution >= 0.6 is 11.6 Å². The van der Waals surface area contributed by atoms with Gasteiger partial charge in [-0.25, -0.2) is 0 Å². The number of carbonyl (C=O) groups is 1. The van der Waals surface area contributed by atoms with Crippen molar-refractivity contribution in [2.45, 2.75) is 13.0 Å². The first kappa shape index (κ1) is 15.4. The molecule has 5 heteroatoms. The van der Waals surface area contributed by atoms with Crippen molar-refractivity contribution in [2.75, 3.05) is 7.11 Å². The standard InChI is InChI=1S/C18H15ClO4/c1-21-18(20)9-12-5-2-3-7-15(12)22-11-13-6-4-8-16-14(13)10-17(19)23-16/h2-8,10H,9,11H2,1H3. The van der Waals surface area contributed by atoms with Gasteiger partial charge in [-0.2, -0.15) is 0 Å². The van der Waals surface area contributed by atoms with Gasteiger partial charge in [0.15, 0.2) is 5.22 Å². The van der Waals surface area contributed by atoms with E-state index in [0.717, 1.165) is 22.1 Å². The number of fused-ring (bicyclic) bond motifs is 1. The highest BCUT2D eigenvalue weighted by atomic mass is 35.5. The number of carbonyl (C=O) groups excluding carboxylic acids is 1. The minimum Gasteiger partial charge on any atom is -0.489 e. The Morgan fingerprint density at radius 3 is 2.74 bits per heavy atom. The summed E-state index contributed by atoms with van der Waals surface area (Å²) in [4.78, 5) is 11.5. The largest absolute Gasteiger partial charge is 0.489 e. The van der Waals surface area contributed by atoms with Gasteiger partial charge in [0.05, 0.1) is 13.5 Å². The summed E-state index contributed by atoms with van der Waals surface area (Å²) in [5.74, 6) is 0.356. The Balaban J connectivity index is 1.81. The summed E-state index contributed by atoms with van der Waals surface area (Å²) >= 11 is 5.91. The highest BCUT2D eigenvalue weighted by Crippen LogP contribution is 2.27. The molecule has 0 bridgehead atoms. The van der Waals surface area contributed by atoms with Gasteiger partial charge in [0.1, 0.15) is 17.9 Å². The third kappa shape index (κ3) is 3.48. The van der Waals surface area contributed by atoms with Crippen molar-refractivity contribution >= 4 is 28.5 Å². The van der Waals surface area contributed by atoms with Crippen LogP contribution in [0.4, 0.5) is 0 Å². The van der Waals surface area contributed by atoms with Crippen LogP contribution in [0.3, 0.4) is 0 Å². The summed E-state index contributed by atoms with van der Waals surface area (Å²) in [6.07, 6.45) is 0.175. The number of hydrogen-bond donors (Lipinski definition) is 0. The smallest absolute Gasteiger partial charge is 0.310 e. The van der Waals surface area contributed by atoms with E-state index in [0.29, 0.717) is 17.6 Å². The highest BCUT2D eigenvalue weighted by molar-refractivity contribution is 6.29. The Labute approximate surface area is 138 Å². The third-order valence-corrected chi connectivity index (χ3v) is 3.73. The summed E-state index contributed by atoms with van der Waals surface area (Å²) in [6, 6.07) is 14.9. The number of hydrogen-bond acceptors (Lipinski definition) is 4. The quantitative estimate of drug-likeness (QED) is 0.651. The number of para-hydroxylation sites is 1. The Hall–Kier alpha value is -2.46. The molecular weight excluding hydrogens is 316 g/mol. The number of furan rings is 1. The normalized spacial score (nSPS) is 10.7. The molecule has 0 atom stereocenters. The maximum Gasteiger partial charge on any atom is 0.310 e. The number of methoxy groups -OCH3 is 1. The van der Waals surface area contributed by atoms with E-state index in [9.17, 15) is 4.79 Å². The number of benzene rings is 2. The lowest BCUT2D eigenvalue weighted by Gasteiger charge is -2.11. The van der Waals surface area contributed by atoms with Crippen LogP contribution in [-0.2, 0) is 22.6 Å². The Kier molecular flexibility index (Phi) is 4.53. The minimum atomic E-state index is -0.301. The number of halogens is 1. The minimum absolute atomic E-state index is 0.175. The van der Waals surface area contributed by atoms with Crippen molar-refractivity contribution in [1.82, 2.24) is 0 Å². The van der Waals surface area contributed by atoms with Crippen molar-refractivity contribution in [1.29, 1.82) is 0 Å². The average Bonchev–Trinajstić information content (AvgIpc) is 2.94. The van der Waals surface area contributed by atoms with Crippen LogP contribution in [0.25, 0.3) is 11.0 Å². The Bertz CT molecular complexity index is 838. The molecule has 3 aromatic rings. The maximum absolute atomic E-state index is 11.5. The van der Waals surface area contributed by atoms with Gasteiger partial charge in [-0.15, -0.1) is 0 Å². The average molecular weight is 331 g/mol. The van der Waals surface area contributed by atoms with Crippen LogP contribution in [-0.4, -0.2) is 13.1 Å². The number of ether oxygens (including phenoxy) is 2. The zero-order valence-electron chi connectivity index (χ0n) is 12.5. The molecule has 0 aliphatic carbocycles. The molecule has 23 heavy (non-hydrogen) atoms. The SMILES string of the molecule is COC(=O)Cc1ccccc1OCc1cccc2oc(Cl)cc12. The summed E-state index contributed by atoms with van der Waals surface area (Å²) in [7, 11) is 1.37. The lowest BCUT2D eigenvalue weighted by molar-refractivity contribution is -0.139. The van der Waals surface area contributed by atoms with Gasteiger partial charge in [0, 0.05) is 22.6 Å². The van der Waals surface area contributed by atoms with Gasteiger partial charge in [0.2, 0.25) is 0 Å². The van der Waals surface area contributed by atoms with Crippen molar-refractivity contribution in [2.24, 2.45) is 0 Å². The van der Waals surface area contributed by atoms with E-state index >= 15 is 0 Å². The predicted octanol–water partition coefficient (Wildman–Crippen LogP) is 4.38. The molecule has 0 saturated heterocycles. The molecule has 1 heterocycles. The summed E-state index contributed by atoms with van der Waals surface area (Å²) < 4.78 is 16.0. The first-order valence-electron chi connectivity index (χ1n) is 7.12. The molecule has 0 radical (unpaired) electrons. The second-order valence-corrected chi connectivity index (χ2v) is 5.40. The Morgan fingerprint density at radius 2 is 1.91 bits per heavy atom. The van der Waals surface area contributed by atoms with E-state index in [-0.39, 0.29) is 12.4 Å². The molecule has 1 aromatic heterocycles. The second-order valence-electron chi connectivity index (χ2n) is 5.03. The fraction of sp³-hybridized carbons (Fsp3) is 0.167. The molecule has 0 aliphatic rings. The molecule has 3 rings (SSSR count). The van der Waals surface area contributed by atoms with E-state index < -0.39 is 0 Å². The van der Waals surface area contributed by atoms with Crippen LogP contribution in [0.5, 0.6) is 5.75 Å². The van der Waals surface area contributed by atoms with E-state index in [1.165, 1.54) is 7.11 Å². The lowest BCUT2D eigenvalue weighted by Crippen LogP contribution is -2.06. The van der Waals surface area contributed by atoms with Crippen molar-refractivity contribution in [3.05, 3.63) is 64.9 Å². The molecular formula is C18H15ClO4. The van der Waals surface area contributed by atoms with Gasteiger partial charge < -0.3 is 13.9 Å². The van der Waals surface area contributed by atoms with Gasteiger partial charge in [-0.05, 0) is 23.7 Å². The molecule has 2 aromatic carbocycles. The van der Waals surface area contributed by atoms with E-state index in [1.807, 2.05) is 42.5 Å². The van der Waals surface area contributed by atoms with E-state index in [2.05, 4.69) is 0 Å². The number of esters is 1. The van der Waals surface area contributed by atoms with Crippen LogP contribution < -0.4 is 4.74 Å². The fourth-order valence-corrected chi connectivity index (χ4v) is 2.58. The van der Waals surface area contributed by atoms with Gasteiger partial charge in [0.25, 0.3) is 0 Å². The molecule has 0 fully saturated rings.